The van der Waals surface area contributed by atoms with E-state index in [4.69, 9.17) is 4.74 Å². The van der Waals surface area contributed by atoms with Crippen LogP contribution in [0.25, 0.3) is 0 Å². The smallest absolute Gasteiger partial charge is 0.243 e. The molecule has 0 saturated carbocycles. The standard InChI is InChI=1S/C25H27N3O3/c1-2-24(29)27-20-11-13-21(14-12-20)28-25(30)18-26-22-9-6-10-23(17-22)31-16-15-19-7-4-3-5-8-19/h3-14,17,26H,2,15-16,18H2,1H3,(H,27,29)(H,28,30). The predicted octanol–water partition coefficient (Wildman–Crippen LogP) is 4.71. The number of benzene rings is 3. The van der Waals surface area contributed by atoms with Gasteiger partial charge >= 0.3 is 0 Å². The first-order valence-corrected chi connectivity index (χ1v) is 10.3. The fourth-order valence-electron chi connectivity index (χ4n) is 2.90. The molecule has 0 fully saturated rings. The van der Waals surface area contributed by atoms with Crippen LogP contribution >= 0.6 is 0 Å². The molecule has 3 aromatic rings. The molecule has 0 radical (unpaired) electrons. The van der Waals surface area contributed by atoms with Crippen LogP contribution in [0.1, 0.15) is 18.9 Å². The van der Waals surface area contributed by atoms with Crippen LogP contribution in [0.2, 0.25) is 0 Å². The second kappa shape index (κ2) is 11.4. The van der Waals surface area contributed by atoms with E-state index in [-0.39, 0.29) is 18.4 Å². The van der Waals surface area contributed by atoms with Crippen molar-refractivity contribution in [3.63, 3.8) is 0 Å². The Labute approximate surface area is 182 Å². The van der Waals surface area contributed by atoms with Gasteiger partial charge in [0.2, 0.25) is 11.8 Å². The third-order valence-electron chi connectivity index (χ3n) is 4.56. The van der Waals surface area contributed by atoms with Crippen LogP contribution < -0.4 is 20.7 Å². The van der Waals surface area contributed by atoms with Gasteiger partial charge in [0, 0.05) is 36.0 Å². The largest absolute Gasteiger partial charge is 0.493 e. The van der Waals surface area contributed by atoms with E-state index < -0.39 is 0 Å². The first kappa shape index (κ1) is 21.9. The summed E-state index contributed by atoms with van der Waals surface area (Å²) in [4.78, 5) is 23.6. The molecule has 160 valence electrons. The zero-order valence-electron chi connectivity index (χ0n) is 17.6. The Bertz CT molecular complexity index is 988. The van der Waals surface area contributed by atoms with Crippen molar-refractivity contribution in [1.82, 2.24) is 0 Å². The molecule has 31 heavy (non-hydrogen) atoms. The van der Waals surface area contributed by atoms with Crippen LogP contribution in [-0.2, 0) is 16.0 Å². The van der Waals surface area contributed by atoms with Gasteiger partial charge in [0.1, 0.15) is 5.75 Å². The highest BCUT2D eigenvalue weighted by Crippen LogP contribution is 2.18. The Morgan fingerprint density at radius 3 is 2.13 bits per heavy atom. The molecule has 0 aliphatic heterocycles. The third kappa shape index (κ3) is 7.51. The molecule has 0 saturated heterocycles. The van der Waals surface area contributed by atoms with Gasteiger partial charge in [-0.2, -0.15) is 0 Å². The first-order valence-electron chi connectivity index (χ1n) is 10.3. The molecule has 0 unspecified atom stereocenters. The Balaban J connectivity index is 1.43. The molecular formula is C25H27N3O3. The molecule has 6 heteroatoms. The number of ether oxygens (including phenoxy) is 1. The number of hydrogen-bond acceptors (Lipinski definition) is 4. The predicted molar refractivity (Wildman–Crippen MR) is 125 cm³/mol. The topological polar surface area (TPSA) is 79.5 Å². The SMILES string of the molecule is CCC(=O)Nc1ccc(NC(=O)CNc2cccc(OCCc3ccccc3)c2)cc1. The molecule has 0 aromatic heterocycles. The van der Waals surface area contributed by atoms with Gasteiger partial charge in [0.05, 0.1) is 13.2 Å². The van der Waals surface area contributed by atoms with E-state index in [9.17, 15) is 9.59 Å². The van der Waals surface area contributed by atoms with E-state index in [1.807, 2.05) is 42.5 Å². The van der Waals surface area contributed by atoms with Crippen molar-refractivity contribution >= 4 is 28.9 Å². The average molecular weight is 418 g/mol. The summed E-state index contributed by atoms with van der Waals surface area (Å²) in [5.74, 6) is 0.541. The summed E-state index contributed by atoms with van der Waals surface area (Å²) in [5, 5.41) is 8.71. The Kier molecular flexibility index (Phi) is 8.05. The van der Waals surface area contributed by atoms with Gasteiger partial charge < -0.3 is 20.7 Å². The molecule has 3 rings (SSSR count). The number of carbonyl (C=O) groups is 2. The number of hydrogen-bond donors (Lipinski definition) is 3. The summed E-state index contributed by atoms with van der Waals surface area (Å²) in [5.41, 5.74) is 3.41. The highest BCUT2D eigenvalue weighted by Gasteiger charge is 2.05. The van der Waals surface area contributed by atoms with E-state index in [1.165, 1.54) is 5.56 Å². The van der Waals surface area contributed by atoms with Gasteiger partial charge in [-0.1, -0.05) is 43.3 Å². The zero-order valence-corrected chi connectivity index (χ0v) is 17.6. The van der Waals surface area contributed by atoms with Crippen LogP contribution in [-0.4, -0.2) is 25.0 Å². The van der Waals surface area contributed by atoms with Crippen molar-refractivity contribution in [3.05, 3.63) is 84.4 Å². The minimum atomic E-state index is -0.166. The Morgan fingerprint density at radius 2 is 1.45 bits per heavy atom. The van der Waals surface area contributed by atoms with E-state index >= 15 is 0 Å². The van der Waals surface area contributed by atoms with Crippen molar-refractivity contribution in [3.8, 4) is 5.75 Å². The van der Waals surface area contributed by atoms with E-state index in [0.717, 1.165) is 17.9 Å². The monoisotopic (exact) mass is 417 g/mol. The first-order chi connectivity index (χ1) is 15.1. The number of anilines is 3. The van der Waals surface area contributed by atoms with E-state index in [2.05, 4.69) is 28.1 Å². The van der Waals surface area contributed by atoms with Crippen LogP contribution in [0.4, 0.5) is 17.1 Å². The minimum Gasteiger partial charge on any atom is -0.493 e. The lowest BCUT2D eigenvalue weighted by molar-refractivity contribution is -0.116. The van der Waals surface area contributed by atoms with Gasteiger partial charge in [-0.05, 0) is 42.0 Å². The maximum Gasteiger partial charge on any atom is 0.243 e. The van der Waals surface area contributed by atoms with Gasteiger partial charge in [0.25, 0.3) is 0 Å². The summed E-state index contributed by atoms with van der Waals surface area (Å²) >= 11 is 0. The van der Waals surface area contributed by atoms with Crippen LogP contribution in [0.5, 0.6) is 5.75 Å². The number of rotatable bonds is 10. The molecule has 0 spiro atoms. The molecule has 0 aliphatic rings. The van der Waals surface area contributed by atoms with Gasteiger partial charge in [-0.3, -0.25) is 9.59 Å². The molecular weight excluding hydrogens is 390 g/mol. The minimum absolute atomic E-state index is 0.0488. The number of nitrogens with one attached hydrogen (secondary N) is 3. The van der Waals surface area contributed by atoms with Gasteiger partial charge in [0.15, 0.2) is 0 Å². The molecule has 0 aliphatic carbocycles. The fraction of sp³-hybridized carbons (Fsp3) is 0.200. The van der Waals surface area contributed by atoms with Crippen LogP contribution in [0, 0.1) is 0 Å². The van der Waals surface area contributed by atoms with Crippen LogP contribution in [0.15, 0.2) is 78.9 Å². The molecule has 3 N–H and O–H groups in total. The highest BCUT2D eigenvalue weighted by molar-refractivity contribution is 5.94. The average Bonchev–Trinajstić information content (AvgIpc) is 2.80. The fourth-order valence-corrected chi connectivity index (χ4v) is 2.90. The van der Waals surface area contributed by atoms with E-state index in [0.29, 0.717) is 24.4 Å². The summed E-state index contributed by atoms with van der Waals surface area (Å²) in [6, 6.07) is 24.8. The second-order valence-electron chi connectivity index (χ2n) is 6.99. The van der Waals surface area contributed by atoms with Gasteiger partial charge in [-0.25, -0.2) is 0 Å². The molecule has 0 heterocycles. The van der Waals surface area contributed by atoms with Crippen LogP contribution in [0.3, 0.4) is 0 Å². The summed E-state index contributed by atoms with van der Waals surface area (Å²) in [7, 11) is 0. The zero-order chi connectivity index (χ0) is 21.9. The normalized spacial score (nSPS) is 10.2. The lowest BCUT2D eigenvalue weighted by Gasteiger charge is -2.11. The third-order valence-corrected chi connectivity index (χ3v) is 4.56. The van der Waals surface area contributed by atoms with Crippen molar-refractivity contribution in [2.75, 3.05) is 29.1 Å². The van der Waals surface area contributed by atoms with Crippen molar-refractivity contribution < 1.29 is 14.3 Å². The number of amides is 2. The second-order valence-corrected chi connectivity index (χ2v) is 6.99. The molecule has 6 nitrogen and oxygen atoms in total. The van der Waals surface area contributed by atoms with E-state index in [1.54, 1.807) is 31.2 Å². The molecule has 0 bridgehead atoms. The highest BCUT2D eigenvalue weighted by atomic mass is 16.5. The summed E-state index contributed by atoms with van der Waals surface area (Å²) < 4.78 is 5.83. The maximum absolute atomic E-state index is 12.2. The number of carbonyl (C=O) groups excluding carboxylic acids is 2. The summed E-state index contributed by atoms with van der Waals surface area (Å²) in [6.07, 6.45) is 1.26. The van der Waals surface area contributed by atoms with Gasteiger partial charge in [-0.15, -0.1) is 0 Å². The lowest BCUT2D eigenvalue weighted by Crippen LogP contribution is -2.21. The van der Waals surface area contributed by atoms with Crippen molar-refractivity contribution in [2.24, 2.45) is 0 Å². The quantitative estimate of drug-likeness (QED) is 0.446. The lowest BCUT2D eigenvalue weighted by atomic mass is 10.2. The molecule has 3 aromatic carbocycles. The maximum atomic E-state index is 12.2. The van der Waals surface area contributed by atoms with Crippen molar-refractivity contribution in [2.45, 2.75) is 19.8 Å². The summed E-state index contributed by atoms with van der Waals surface area (Å²) in [6.45, 7) is 2.51. The molecule has 0 atom stereocenters. The molecule has 2 amide bonds. The Hall–Kier alpha value is -3.80. The Morgan fingerprint density at radius 1 is 0.774 bits per heavy atom. The van der Waals surface area contributed by atoms with Crippen molar-refractivity contribution in [1.29, 1.82) is 0 Å².